The van der Waals surface area contributed by atoms with Crippen molar-refractivity contribution in [3.05, 3.63) is 17.0 Å². The summed E-state index contributed by atoms with van der Waals surface area (Å²) < 4.78 is 0. The lowest BCUT2D eigenvalue weighted by atomic mass is 9.74. The maximum Gasteiger partial charge on any atom is 0.0662 e. The van der Waals surface area contributed by atoms with Crippen LogP contribution < -0.4 is 0 Å². The van der Waals surface area contributed by atoms with Gasteiger partial charge < -0.3 is 0 Å². The van der Waals surface area contributed by atoms with Crippen molar-refractivity contribution in [2.75, 3.05) is 0 Å². The van der Waals surface area contributed by atoms with Crippen molar-refractivity contribution < 1.29 is 0 Å². The number of fused-ring (bicyclic) bond motifs is 1. The largest absolute Gasteiger partial charge is 0.282 e. The van der Waals surface area contributed by atoms with E-state index in [1.165, 1.54) is 29.8 Å². The summed E-state index contributed by atoms with van der Waals surface area (Å²) in [7, 11) is 0. The van der Waals surface area contributed by atoms with Crippen LogP contribution in [0.2, 0.25) is 0 Å². The third-order valence-electron chi connectivity index (χ3n) is 2.91. The van der Waals surface area contributed by atoms with Gasteiger partial charge in [-0.1, -0.05) is 13.8 Å². The summed E-state index contributed by atoms with van der Waals surface area (Å²) in [5.41, 5.74) is 4.36. The highest BCUT2D eigenvalue weighted by atomic mass is 15.1. The van der Waals surface area contributed by atoms with Gasteiger partial charge in [0.05, 0.1) is 5.69 Å². The average molecular weight is 164 g/mol. The Morgan fingerprint density at radius 2 is 2.17 bits per heavy atom. The fourth-order valence-electron chi connectivity index (χ4n) is 2.38. The molecule has 66 valence electrons. The van der Waals surface area contributed by atoms with Crippen molar-refractivity contribution in [2.45, 2.75) is 45.4 Å². The Hall–Kier alpha value is -0.790. The Bertz CT molecular complexity index is 297. The zero-order valence-corrected chi connectivity index (χ0v) is 8.07. The van der Waals surface area contributed by atoms with Crippen molar-refractivity contribution >= 4 is 0 Å². The lowest BCUT2D eigenvalue weighted by Gasteiger charge is -2.29. The summed E-state index contributed by atoms with van der Waals surface area (Å²) in [6.45, 7) is 6.75. The van der Waals surface area contributed by atoms with Gasteiger partial charge in [0.1, 0.15) is 0 Å². The SMILES string of the molecule is Cc1[nH]nc2c1C(C)(C)CCC2. The van der Waals surface area contributed by atoms with Crippen molar-refractivity contribution in [1.29, 1.82) is 0 Å². The molecule has 2 nitrogen and oxygen atoms in total. The predicted octanol–water partition coefficient (Wildman–Crippen LogP) is 2.33. The van der Waals surface area contributed by atoms with Crippen LogP contribution in [0.4, 0.5) is 0 Å². The van der Waals surface area contributed by atoms with Crippen LogP contribution in [0.1, 0.15) is 43.6 Å². The molecule has 1 aliphatic carbocycles. The Labute approximate surface area is 73.4 Å². The van der Waals surface area contributed by atoms with E-state index in [0.717, 1.165) is 6.42 Å². The zero-order chi connectivity index (χ0) is 8.77. The molecule has 1 aliphatic rings. The third-order valence-corrected chi connectivity index (χ3v) is 2.91. The van der Waals surface area contributed by atoms with Gasteiger partial charge in [0.15, 0.2) is 0 Å². The Morgan fingerprint density at radius 1 is 1.42 bits per heavy atom. The van der Waals surface area contributed by atoms with Crippen LogP contribution in [0, 0.1) is 6.92 Å². The van der Waals surface area contributed by atoms with E-state index >= 15 is 0 Å². The van der Waals surface area contributed by atoms with Crippen molar-refractivity contribution in [1.82, 2.24) is 10.2 Å². The number of rotatable bonds is 0. The number of aromatic nitrogens is 2. The molecule has 0 spiro atoms. The molecule has 1 aromatic heterocycles. The van der Waals surface area contributed by atoms with Crippen LogP contribution in [0.5, 0.6) is 0 Å². The van der Waals surface area contributed by atoms with Gasteiger partial charge in [-0.15, -0.1) is 0 Å². The molecule has 0 atom stereocenters. The van der Waals surface area contributed by atoms with Crippen LogP contribution in [0.25, 0.3) is 0 Å². The highest BCUT2D eigenvalue weighted by Crippen LogP contribution is 2.37. The van der Waals surface area contributed by atoms with Crippen molar-refractivity contribution in [3.63, 3.8) is 0 Å². The molecule has 2 heteroatoms. The molecule has 0 bridgehead atoms. The highest BCUT2D eigenvalue weighted by Gasteiger charge is 2.30. The molecule has 1 heterocycles. The molecular weight excluding hydrogens is 148 g/mol. The monoisotopic (exact) mass is 164 g/mol. The summed E-state index contributed by atoms with van der Waals surface area (Å²) in [6, 6.07) is 0. The van der Waals surface area contributed by atoms with Gasteiger partial charge >= 0.3 is 0 Å². The third kappa shape index (κ3) is 0.977. The molecule has 12 heavy (non-hydrogen) atoms. The first-order valence-corrected chi connectivity index (χ1v) is 4.65. The minimum Gasteiger partial charge on any atom is -0.282 e. The van der Waals surface area contributed by atoms with E-state index in [9.17, 15) is 0 Å². The van der Waals surface area contributed by atoms with Gasteiger partial charge in [-0.05, 0) is 31.6 Å². The molecule has 0 amide bonds. The normalized spacial score (nSPS) is 20.6. The van der Waals surface area contributed by atoms with Gasteiger partial charge in [0.2, 0.25) is 0 Å². The summed E-state index contributed by atoms with van der Waals surface area (Å²) in [4.78, 5) is 0. The van der Waals surface area contributed by atoms with Crippen molar-refractivity contribution in [3.8, 4) is 0 Å². The van der Waals surface area contributed by atoms with Gasteiger partial charge in [0, 0.05) is 11.3 Å². The van der Waals surface area contributed by atoms with Gasteiger partial charge in [-0.3, -0.25) is 5.10 Å². The second-order valence-electron chi connectivity index (χ2n) is 4.41. The smallest absolute Gasteiger partial charge is 0.0662 e. The molecule has 0 saturated carbocycles. The molecule has 1 aromatic rings. The molecule has 0 saturated heterocycles. The summed E-state index contributed by atoms with van der Waals surface area (Å²) >= 11 is 0. The number of nitrogens with one attached hydrogen (secondary N) is 1. The van der Waals surface area contributed by atoms with Crippen LogP contribution in [-0.2, 0) is 11.8 Å². The number of aryl methyl sites for hydroxylation is 2. The van der Waals surface area contributed by atoms with E-state index in [1.54, 1.807) is 0 Å². The number of nitrogens with zero attached hydrogens (tertiary/aromatic N) is 1. The molecular formula is C10H16N2. The van der Waals surface area contributed by atoms with Crippen LogP contribution >= 0.6 is 0 Å². The first-order chi connectivity index (χ1) is 5.61. The lowest BCUT2D eigenvalue weighted by Crippen LogP contribution is -2.23. The minimum absolute atomic E-state index is 0.338. The molecule has 0 radical (unpaired) electrons. The predicted molar refractivity (Wildman–Crippen MR) is 49.3 cm³/mol. The molecule has 0 fully saturated rings. The van der Waals surface area contributed by atoms with Crippen LogP contribution in [0.3, 0.4) is 0 Å². The Balaban J connectivity index is 2.56. The van der Waals surface area contributed by atoms with E-state index in [1.807, 2.05) is 0 Å². The minimum atomic E-state index is 0.338. The Kier molecular flexibility index (Phi) is 1.53. The first-order valence-electron chi connectivity index (χ1n) is 4.65. The molecule has 1 N–H and O–H groups in total. The summed E-state index contributed by atoms with van der Waals surface area (Å²) in [6.07, 6.45) is 3.73. The van der Waals surface area contributed by atoms with Gasteiger partial charge in [0.25, 0.3) is 0 Å². The first kappa shape index (κ1) is 7.84. The average Bonchev–Trinajstić information content (AvgIpc) is 2.32. The molecule has 0 aromatic carbocycles. The van der Waals surface area contributed by atoms with Crippen molar-refractivity contribution in [2.24, 2.45) is 0 Å². The fourth-order valence-corrected chi connectivity index (χ4v) is 2.38. The number of hydrogen-bond acceptors (Lipinski definition) is 1. The second kappa shape index (κ2) is 2.35. The maximum atomic E-state index is 4.33. The quantitative estimate of drug-likeness (QED) is 0.626. The van der Waals surface area contributed by atoms with Gasteiger partial charge in [-0.25, -0.2) is 0 Å². The van der Waals surface area contributed by atoms with E-state index < -0.39 is 0 Å². The molecule has 0 unspecified atom stereocenters. The second-order valence-corrected chi connectivity index (χ2v) is 4.41. The van der Waals surface area contributed by atoms with Crippen LogP contribution in [0.15, 0.2) is 0 Å². The topological polar surface area (TPSA) is 28.7 Å². The number of H-pyrrole nitrogens is 1. The van der Waals surface area contributed by atoms with Crippen LogP contribution in [-0.4, -0.2) is 10.2 Å². The standard InChI is InChI=1S/C10H16N2/c1-7-9-8(12-11-7)5-4-6-10(9,2)3/h4-6H2,1-3H3,(H,11,12). The molecule has 2 rings (SSSR count). The number of hydrogen-bond donors (Lipinski definition) is 1. The Morgan fingerprint density at radius 3 is 2.83 bits per heavy atom. The zero-order valence-electron chi connectivity index (χ0n) is 8.07. The van der Waals surface area contributed by atoms with E-state index in [4.69, 9.17) is 0 Å². The maximum absolute atomic E-state index is 4.33. The number of aromatic amines is 1. The summed E-state index contributed by atoms with van der Waals surface area (Å²) in [5, 5.41) is 7.41. The fraction of sp³-hybridized carbons (Fsp3) is 0.700. The lowest BCUT2D eigenvalue weighted by molar-refractivity contribution is 0.428. The van der Waals surface area contributed by atoms with E-state index in [-0.39, 0.29) is 0 Å². The highest BCUT2D eigenvalue weighted by molar-refractivity contribution is 5.34. The van der Waals surface area contributed by atoms with E-state index in [2.05, 4.69) is 31.0 Å². The van der Waals surface area contributed by atoms with Gasteiger partial charge in [-0.2, -0.15) is 5.10 Å². The summed E-state index contributed by atoms with van der Waals surface area (Å²) in [5.74, 6) is 0. The molecule has 0 aliphatic heterocycles. The van der Waals surface area contributed by atoms with E-state index in [0.29, 0.717) is 5.41 Å².